The van der Waals surface area contributed by atoms with E-state index in [1.165, 1.54) is 5.69 Å². The molecular weight excluding hydrogens is 340 g/mol. The molecule has 1 aromatic heterocycles. The molecule has 1 atom stereocenters. The fraction of sp³-hybridized carbons (Fsp3) is 0.800. The Morgan fingerprint density at radius 2 is 2.11 bits per heavy atom. The molecular formula is C20H36N6O. The van der Waals surface area contributed by atoms with Crippen LogP contribution < -0.4 is 5.32 Å². The van der Waals surface area contributed by atoms with E-state index in [0.29, 0.717) is 25.0 Å². The number of hydrogen-bond donors (Lipinski definition) is 1. The number of nitrogens with one attached hydrogen (secondary N) is 1. The maximum absolute atomic E-state index is 12.3. The fourth-order valence-corrected chi connectivity index (χ4v) is 4.17. The lowest BCUT2D eigenvalue weighted by atomic mass is 10.2. The highest BCUT2D eigenvalue weighted by Crippen LogP contribution is 2.15. The molecule has 152 valence electrons. The standard InChI is InChI=1S/C20H36N6O/c1-16(2)12-24-7-5-8-26-19(14-24)10-17(22-26)11-21-20(27)15-25-9-6-18(13-25)23(3)4/h10,16,18H,5-9,11-15H2,1-4H3,(H,21,27). The number of aryl methyl sites for hydroxylation is 1. The third kappa shape index (κ3) is 5.77. The van der Waals surface area contributed by atoms with E-state index < -0.39 is 0 Å². The Hall–Kier alpha value is -1.44. The number of aromatic nitrogens is 2. The lowest BCUT2D eigenvalue weighted by Crippen LogP contribution is -2.38. The zero-order chi connectivity index (χ0) is 19.4. The van der Waals surface area contributed by atoms with Crippen molar-refractivity contribution in [1.82, 2.24) is 29.8 Å². The van der Waals surface area contributed by atoms with Crippen LogP contribution in [0.1, 0.15) is 38.1 Å². The molecule has 1 N–H and O–H groups in total. The summed E-state index contributed by atoms with van der Waals surface area (Å²) in [6.45, 7) is 11.7. The molecule has 3 rings (SSSR count). The maximum Gasteiger partial charge on any atom is 0.234 e. The molecule has 1 unspecified atom stereocenters. The molecule has 0 saturated carbocycles. The smallest absolute Gasteiger partial charge is 0.234 e. The molecule has 7 heteroatoms. The summed E-state index contributed by atoms with van der Waals surface area (Å²) in [5, 5.41) is 7.77. The highest BCUT2D eigenvalue weighted by Gasteiger charge is 2.25. The quantitative estimate of drug-likeness (QED) is 0.769. The number of hydrogen-bond acceptors (Lipinski definition) is 5. The zero-order valence-electron chi connectivity index (χ0n) is 17.4. The van der Waals surface area contributed by atoms with Crippen LogP contribution in [0.3, 0.4) is 0 Å². The van der Waals surface area contributed by atoms with Crippen LogP contribution >= 0.6 is 0 Å². The first-order chi connectivity index (χ1) is 12.9. The van der Waals surface area contributed by atoms with Crippen molar-refractivity contribution in [1.29, 1.82) is 0 Å². The Morgan fingerprint density at radius 1 is 1.30 bits per heavy atom. The summed E-state index contributed by atoms with van der Waals surface area (Å²) in [4.78, 5) is 19.3. The number of likely N-dealkylation sites (N-methyl/N-ethyl adjacent to an activating group) is 1. The van der Waals surface area contributed by atoms with Crippen LogP contribution in [0.2, 0.25) is 0 Å². The minimum atomic E-state index is 0.0963. The van der Waals surface area contributed by atoms with Crippen molar-refractivity contribution in [2.24, 2.45) is 5.92 Å². The van der Waals surface area contributed by atoms with Gasteiger partial charge in [0, 0.05) is 45.3 Å². The highest BCUT2D eigenvalue weighted by molar-refractivity contribution is 5.78. The number of rotatable bonds is 7. The largest absolute Gasteiger partial charge is 0.349 e. The summed E-state index contributed by atoms with van der Waals surface area (Å²) in [5.74, 6) is 0.773. The van der Waals surface area contributed by atoms with E-state index in [-0.39, 0.29) is 5.91 Å². The van der Waals surface area contributed by atoms with E-state index in [1.54, 1.807) is 0 Å². The van der Waals surface area contributed by atoms with E-state index in [2.05, 4.69) is 58.7 Å². The number of carbonyl (C=O) groups is 1. The molecule has 0 aliphatic carbocycles. The van der Waals surface area contributed by atoms with E-state index in [1.807, 2.05) is 0 Å². The minimum absolute atomic E-state index is 0.0963. The first kappa shape index (κ1) is 20.3. The molecule has 7 nitrogen and oxygen atoms in total. The number of nitrogens with zero attached hydrogens (tertiary/aromatic N) is 5. The predicted octanol–water partition coefficient (Wildman–Crippen LogP) is 0.997. The molecule has 1 aromatic rings. The van der Waals surface area contributed by atoms with Gasteiger partial charge in [0.05, 0.1) is 24.5 Å². The summed E-state index contributed by atoms with van der Waals surface area (Å²) in [7, 11) is 4.22. The molecule has 0 aromatic carbocycles. The van der Waals surface area contributed by atoms with Gasteiger partial charge in [0.15, 0.2) is 0 Å². The van der Waals surface area contributed by atoms with E-state index >= 15 is 0 Å². The summed E-state index contributed by atoms with van der Waals surface area (Å²) in [6, 6.07) is 2.73. The van der Waals surface area contributed by atoms with E-state index in [0.717, 1.165) is 57.8 Å². The molecule has 1 fully saturated rings. The van der Waals surface area contributed by atoms with Gasteiger partial charge in [-0.25, -0.2) is 0 Å². The zero-order valence-corrected chi connectivity index (χ0v) is 17.4. The Morgan fingerprint density at radius 3 is 2.81 bits per heavy atom. The summed E-state index contributed by atoms with van der Waals surface area (Å²) in [5.41, 5.74) is 2.24. The lowest BCUT2D eigenvalue weighted by Gasteiger charge is -2.21. The van der Waals surface area contributed by atoms with Crippen molar-refractivity contribution in [2.75, 3.05) is 46.8 Å². The van der Waals surface area contributed by atoms with Gasteiger partial charge in [-0.15, -0.1) is 0 Å². The van der Waals surface area contributed by atoms with Gasteiger partial charge in [-0.3, -0.25) is 19.3 Å². The average Bonchev–Trinajstić information content (AvgIpc) is 3.16. The number of carbonyl (C=O) groups excluding carboxylic acids is 1. The second kappa shape index (κ2) is 9.17. The van der Waals surface area contributed by atoms with Crippen molar-refractivity contribution < 1.29 is 4.79 Å². The average molecular weight is 377 g/mol. The van der Waals surface area contributed by atoms with Crippen LogP contribution in [0.4, 0.5) is 0 Å². The molecule has 1 amide bonds. The van der Waals surface area contributed by atoms with Crippen molar-refractivity contribution in [3.63, 3.8) is 0 Å². The van der Waals surface area contributed by atoms with Crippen molar-refractivity contribution in [3.8, 4) is 0 Å². The molecule has 3 heterocycles. The Balaban J connectivity index is 1.47. The highest BCUT2D eigenvalue weighted by atomic mass is 16.2. The van der Waals surface area contributed by atoms with Crippen LogP contribution in [0.15, 0.2) is 6.07 Å². The Bertz CT molecular complexity index is 626. The van der Waals surface area contributed by atoms with Gasteiger partial charge >= 0.3 is 0 Å². The first-order valence-electron chi connectivity index (χ1n) is 10.3. The van der Waals surface area contributed by atoms with E-state index in [4.69, 9.17) is 5.10 Å². The third-order valence-electron chi connectivity index (χ3n) is 5.58. The summed E-state index contributed by atoms with van der Waals surface area (Å²) in [6.07, 6.45) is 2.27. The fourth-order valence-electron chi connectivity index (χ4n) is 4.17. The van der Waals surface area contributed by atoms with Gasteiger partial charge in [-0.05, 0) is 38.9 Å². The molecule has 1 saturated heterocycles. The van der Waals surface area contributed by atoms with Gasteiger partial charge in [-0.1, -0.05) is 13.8 Å². The van der Waals surface area contributed by atoms with Crippen LogP contribution in [-0.4, -0.2) is 83.2 Å². The predicted molar refractivity (Wildman–Crippen MR) is 107 cm³/mol. The van der Waals surface area contributed by atoms with E-state index in [9.17, 15) is 4.79 Å². The molecule has 0 radical (unpaired) electrons. The van der Waals surface area contributed by atoms with Crippen LogP contribution in [-0.2, 0) is 24.4 Å². The maximum atomic E-state index is 12.3. The summed E-state index contributed by atoms with van der Waals surface area (Å²) >= 11 is 0. The molecule has 0 spiro atoms. The molecule has 2 aliphatic rings. The second-order valence-electron chi connectivity index (χ2n) is 8.75. The van der Waals surface area contributed by atoms with Crippen molar-refractivity contribution >= 4 is 5.91 Å². The van der Waals surface area contributed by atoms with Crippen molar-refractivity contribution in [2.45, 2.75) is 52.4 Å². The minimum Gasteiger partial charge on any atom is -0.349 e. The van der Waals surface area contributed by atoms with Crippen LogP contribution in [0.5, 0.6) is 0 Å². The molecule has 27 heavy (non-hydrogen) atoms. The first-order valence-corrected chi connectivity index (χ1v) is 10.3. The Labute approximate surface area is 163 Å². The number of fused-ring (bicyclic) bond motifs is 1. The number of likely N-dealkylation sites (tertiary alicyclic amines) is 1. The van der Waals surface area contributed by atoms with Gasteiger partial charge in [0.25, 0.3) is 0 Å². The third-order valence-corrected chi connectivity index (χ3v) is 5.58. The van der Waals surface area contributed by atoms with Crippen molar-refractivity contribution in [3.05, 3.63) is 17.5 Å². The topological polar surface area (TPSA) is 56.6 Å². The van der Waals surface area contributed by atoms with Crippen LogP contribution in [0.25, 0.3) is 0 Å². The van der Waals surface area contributed by atoms with Gasteiger partial charge in [-0.2, -0.15) is 5.10 Å². The SMILES string of the molecule is CC(C)CN1CCCn2nc(CNC(=O)CN3CCC(N(C)C)C3)cc2C1. The van der Waals surface area contributed by atoms with Gasteiger partial charge in [0.1, 0.15) is 0 Å². The monoisotopic (exact) mass is 376 g/mol. The second-order valence-corrected chi connectivity index (χ2v) is 8.75. The van der Waals surface area contributed by atoms with Gasteiger partial charge in [0.2, 0.25) is 5.91 Å². The Kier molecular flexibility index (Phi) is 6.89. The summed E-state index contributed by atoms with van der Waals surface area (Å²) < 4.78 is 2.13. The normalized spacial score (nSPS) is 21.6. The van der Waals surface area contributed by atoms with Gasteiger partial charge < -0.3 is 10.2 Å². The number of amides is 1. The molecule has 2 aliphatic heterocycles. The van der Waals surface area contributed by atoms with Crippen LogP contribution in [0, 0.1) is 5.92 Å². The lowest BCUT2D eigenvalue weighted by molar-refractivity contribution is -0.122. The molecule has 0 bridgehead atoms.